The molecule has 0 radical (unpaired) electrons. The fraction of sp³-hybridized carbons (Fsp3) is 0.462. The summed E-state index contributed by atoms with van der Waals surface area (Å²) in [6, 6.07) is 4.06. The van der Waals surface area contributed by atoms with Gasteiger partial charge in [-0.1, -0.05) is 0 Å². The first-order valence-electron chi connectivity index (χ1n) is 6.44. The van der Waals surface area contributed by atoms with Crippen molar-refractivity contribution in [2.75, 3.05) is 11.4 Å². The maximum absolute atomic E-state index is 11.0. The minimum atomic E-state index is -0.751. The second-order valence-electron chi connectivity index (χ2n) is 5.01. The standard InChI is InChI=1S/C13H16N4O2/c1-9-5-11-14-8-15-17(11)12(6-9)16-4-2-3-10(16)7-13(18)19/h5-6,8,10H,2-4,7H2,1H3,(H,18,19). The maximum Gasteiger partial charge on any atom is 0.305 e. The predicted molar refractivity (Wildman–Crippen MR) is 70.3 cm³/mol. The van der Waals surface area contributed by atoms with Gasteiger partial charge in [-0.25, -0.2) is 4.98 Å². The Morgan fingerprint density at radius 1 is 1.53 bits per heavy atom. The van der Waals surface area contributed by atoms with Crippen LogP contribution in [0.2, 0.25) is 0 Å². The van der Waals surface area contributed by atoms with Crippen LogP contribution in [0.1, 0.15) is 24.8 Å². The van der Waals surface area contributed by atoms with Crippen LogP contribution in [-0.2, 0) is 4.79 Å². The quantitative estimate of drug-likeness (QED) is 0.905. The van der Waals surface area contributed by atoms with Gasteiger partial charge >= 0.3 is 5.97 Å². The van der Waals surface area contributed by atoms with Gasteiger partial charge < -0.3 is 10.0 Å². The number of nitrogens with zero attached hydrogens (tertiary/aromatic N) is 4. The fourth-order valence-electron chi connectivity index (χ4n) is 2.79. The molecule has 1 saturated heterocycles. The zero-order valence-electron chi connectivity index (χ0n) is 10.8. The van der Waals surface area contributed by atoms with Crippen LogP contribution in [0.4, 0.5) is 5.82 Å². The van der Waals surface area contributed by atoms with Gasteiger partial charge in [0.05, 0.1) is 6.42 Å². The van der Waals surface area contributed by atoms with E-state index < -0.39 is 5.97 Å². The lowest BCUT2D eigenvalue weighted by Gasteiger charge is -2.26. The highest BCUT2D eigenvalue weighted by Crippen LogP contribution is 2.28. The molecule has 1 N–H and O–H groups in total. The maximum atomic E-state index is 11.0. The van der Waals surface area contributed by atoms with E-state index in [9.17, 15) is 4.79 Å². The monoisotopic (exact) mass is 260 g/mol. The summed E-state index contributed by atoms with van der Waals surface area (Å²) in [5, 5.41) is 13.2. The Morgan fingerprint density at radius 3 is 3.16 bits per heavy atom. The van der Waals surface area contributed by atoms with Gasteiger partial charge in [-0.3, -0.25) is 4.79 Å². The van der Waals surface area contributed by atoms with E-state index >= 15 is 0 Å². The smallest absolute Gasteiger partial charge is 0.305 e. The first kappa shape index (κ1) is 12.0. The topological polar surface area (TPSA) is 70.7 Å². The molecule has 3 heterocycles. The van der Waals surface area contributed by atoms with Gasteiger partial charge in [-0.15, -0.1) is 0 Å². The minimum Gasteiger partial charge on any atom is -0.481 e. The van der Waals surface area contributed by atoms with E-state index in [-0.39, 0.29) is 12.5 Å². The van der Waals surface area contributed by atoms with Crippen LogP contribution in [0.3, 0.4) is 0 Å². The van der Waals surface area contributed by atoms with Gasteiger partial charge in [0, 0.05) is 12.6 Å². The van der Waals surface area contributed by atoms with E-state index in [0.29, 0.717) is 0 Å². The molecule has 0 amide bonds. The number of fused-ring (bicyclic) bond motifs is 1. The summed E-state index contributed by atoms with van der Waals surface area (Å²) >= 11 is 0. The van der Waals surface area contributed by atoms with Crippen molar-refractivity contribution >= 4 is 17.4 Å². The summed E-state index contributed by atoms with van der Waals surface area (Å²) in [6.45, 7) is 2.89. The highest BCUT2D eigenvalue weighted by molar-refractivity contribution is 5.69. The molecule has 1 unspecified atom stereocenters. The summed E-state index contributed by atoms with van der Waals surface area (Å²) in [5.41, 5.74) is 1.91. The Kier molecular flexibility index (Phi) is 2.85. The predicted octanol–water partition coefficient (Wildman–Crippen LogP) is 1.48. The molecular weight excluding hydrogens is 244 g/mol. The first-order valence-corrected chi connectivity index (χ1v) is 6.44. The summed E-state index contributed by atoms with van der Waals surface area (Å²) in [5.74, 6) is 0.190. The number of hydrogen-bond acceptors (Lipinski definition) is 4. The third-order valence-corrected chi connectivity index (χ3v) is 3.59. The number of aryl methyl sites for hydroxylation is 1. The van der Waals surface area contributed by atoms with Crippen molar-refractivity contribution in [1.82, 2.24) is 14.6 Å². The van der Waals surface area contributed by atoms with Gasteiger partial charge in [0.25, 0.3) is 0 Å². The van der Waals surface area contributed by atoms with E-state index in [0.717, 1.165) is 36.4 Å². The Hall–Kier alpha value is -2.11. The zero-order valence-corrected chi connectivity index (χ0v) is 10.8. The van der Waals surface area contributed by atoms with Crippen LogP contribution in [-0.4, -0.2) is 38.3 Å². The van der Waals surface area contributed by atoms with Gasteiger partial charge in [0.15, 0.2) is 5.65 Å². The largest absolute Gasteiger partial charge is 0.481 e. The van der Waals surface area contributed by atoms with Crippen molar-refractivity contribution in [3.05, 3.63) is 24.0 Å². The number of aromatic nitrogens is 3. The van der Waals surface area contributed by atoms with Crippen LogP contribution >= 0.6 is 0 Å². The van der Waals surface area contributed by atoms with E-state index in [1.54, 1.807) is 4.52 Å². The number of carboxylic acids is 1. The first-order chi connectivity index (χ1) is 9.15. The average Bonchev–Trinajstić information content (AvgIpc) is 2.95. The molecule has 0 spiro atoms. The number of anilines is 1. The van der Waals surface area contributed by atoms with Gasteiger partial charge in [0.1, 0.15) is 12.1 Å². The van der Waals surface area contributed by atoms with Gasteiger partial charge in [-0.2, -0.15) is 9.61 Å². The third kappa shape index (κ3) is 2.14. The van der Waals surface area contributed by atoms with E-state index in [4.69, 9.17) is 5.11 Å². The van der Waals surface area contributed by atoms with Crippen LogP contribution in [0.5, 0.6) is 0 Å². The van der Waals surface area contributed by atoms with E-state index in [1.165, 1.54) is 6.33 Å². The molecule has 1 aliphatic rings. The van der Waals surface area contributed by atoms with Crippen molar-refractivity contribution in [2.45, 2.75) is 32.2 Å². The zero-order chi connectivity index (χ0) is 13.4. The number of carboxylic acid groups (broad SMARTS) is 1. The molecule has 1 fully saturated rings. The fourth-order valence-corrected chi connectivity index (χ4v) is 2.79. The SMILES string of the molecule is Cc1cc(N2CCCC2CC(=O)O)n2ncnc2c1. The molecule has 1 aliphatic heterocycles. The molecule has 19 heavy (non-hydrogen) atoms. The van der Waals surface area contributed by atoms with Crippen molar-refractivity contribution in [3.8, 4) is 0 Å². The van der Waals surface area contributed by atoms with Crippen molar-refractivity contribution < 1.29 is 9.90 Å². The van der Waals surface area contributed by atoms with Gasteiger partial charge in [-0.05, 0) is 37.5 Å². The van der Waals surface area contributed by atoms with Crippen LogP contribution in [0.25, 0.3) is 5.65 Å². The molecule has 3 rings (SSSR count). The second kappa shape index (κ2) is 4.53. The average molecular weight is 260 g/mol. The number of hydrogen-bond donors (Lipinski definition) is 1. The van der Waals surface area contributed by atoms with E-state index in [1.807, 2.05) is 19.1 Å². The molecule has 100 valence electrons. The number of pyridine rings is 1. The molecule has 6 heteroatoms. The molecule has 1 atom stereocenters. The Labute approximate surface area is 110 Å². The lowest BCUT2D eigenvalue weighted by molar-refractivity contribution is -0.137. The van der Waals surface area contributed by atoms with E-state index in [2.05, 4.69) is 15.0 Å². The lowest BCUT2D eigenvalue weighted by Crippen LogP contribution is -2.32. The minimum absolute atomic E-state index is 0.0479. The lowest BCUT2D eigenvalue weighted by atomic mass is 10.1. The Bertz CT molecular complexity index is 622. The summed E-state index contributed by atoms with van der Waals surface area (Å²) < 4.78 is 1.78. The number of aliphatic carboxylic acids is 1. The third-order valence-electron chi connectivity index (χ3n) is 3.59. The summed E-state index contributed by atoms with van der Waals surface area (Å²) in [4.78, 5) is 17.3. The molecule has 6 nitrogen and oxygen atoms in total. The van der Waals surface area contributed by atoms with Gasteiger partial charge in [0.2, 0.25) is 0 Å². The highest BCUT2D eigenvalue weighted by Gasteiger charge is 2.28. The molecular formula is C13H16N4O2. The summed E-state index contributed by atoms with van der Waals surface area (Å²) in [6.07, 6.45) is 3.63. The second-order valence-corrected chi connectivity index (χ2v) is 5.01. The van der Waals surface area contributed by atoms with Crippen molar-refractivity contribution in [3.63, 3.8) is 0 Å². The molecule has 2 aromatic heterocycles. The van der Waals surface area contributed by atoms with Crippen LogP contribution in [0, 0.1) is 6.92 Å². The van der Waals surface area contributed by atoms with Crippen LogP contribution in [0.15, 0.2) is 18.5 Å². The summed E-state index contributed by atoms with van der Waals surface area (Å²) in [7, 11) is 0. The normalized spacial score (nSPS) is 19.2. The number of rotatable bonds is 3. The molecule has 0 aromatic carbocycles. The highest BCUT2D eigenvalue weighted by atomic mass is 16.4. The van der Waals surface area contributed by atoms with Crippen molar-refractivity contribution in [2.24, 2.45) is 0 Å². The Balaban J connectivity index is 2.02. The molecule has 2 aromatic rings. The molecule has 0 bridgehead atoms. The molecule has 0 saturated carbocycles. The molecule has 0 aliphatic carbocycles. The number of carbonyl (C=O) groups is 1. The van der Waals surface area contributed by atoms with Crippen molar-refractivity contribution in [1.29, 1.82) is 0 Å². The van der Waals surface area contributed by atoms with Crippen LogP contribution < -0.4 is 4.90 Å². The Morgan fingerprint density at radius 2 is 2.37 bits per heavy atom.